The number of nitrogens with zero attached hydrogens (tertiary/aromatic N) is 1. The highest BCUT2D eigenvalue weighted by molar-refractivity contribution is 6.17. The van der Waals surface area contributed by atoms with E-state index < -0.39 is 11.9 Å². The Labute approximate surface area is 131 Å². The van der Waals surface area contributed by atoms with Crippen LogP contribution in [0.25, 0.3) is 27.3 Å². The van der Waals surface area contributed by atoms with Crippen LogP contribution in [-0.4, -0.2) is 30.6 Å². The second-order valence-corrected chi connectivity index (χ2v) is 5.29. The molecule has 0 N–H and O–H groups in total. The van der Waals surface area contributed by atoms with Crippen molar-refractivity contribution in [2.75, 3.05) is 14.2 Å². The lowest BCUT2D eigenvalue weighted by Crippen LogP contribution is -2.09. The summed E-state index contributed by atoms with van der Waals surface area (Å²) in [4.78, 5) is 24.5. The minimum absolute atomic E-state index is 0.240. The SMILES string of the molecule is COC(=O)c1c(C(=O)OC)c2cc3ccccc3c3ccc1n23. The van der Waals surface area contributed by atoms with E-state index >= 15 is 0 Å². The molecule has 0 aliphatic heterocycles. The Hall–Kier alpha value is -3.08. The normalized spacial score (nSPS) is 11.4. The van der Waals surface area contributed by atoms with Crippen LogP contribution in [0.5, 0.6) is 0 Å². The molecule has 0 fully saturated rings. The molecule has 0 spiro atoms. The van der Waals surface area contributed by atoms with Crippen LogP contribution in [0.2, 0.25) is 0 Å². The number of benzene rings is 1. The Kier molecular flexibility index (Phi) is 2.78. The number of methoxy groups -OCH3 is 2. The number of hydrogen-bond donors (Lipinski definition) is 0. The first-order chi connectivity index (χ1) is 11.2. The van der Waals surface area contributed by atoms with Gasteiger partial charge in [-0.05, 0) is 23.6 Å². The summed E-state index contributed by atoms with van der Waals surface area (Å²) in [5, 5.41) is 2.05. The lowest BCUT2D eigenvalue weighted by molar-refractivity contribution is 0.0559. The monoisotopic (exact) mass is 307 g/mol. The van der Waals surface area contributed by atoms with Crippen molar-refractivity contribution in [3.05, 3.63) is 53.6 Å². The van der Waals surface area contributed by atoms with E-state index in [2.05, 4.69) is 0 Å². The van der Waals surface area contributed by atoms with E-state index in [1.165, 1.54) is 14.2 Å². The number of hydrogen-bond acceptors (Lipinski definition) is 4. The van der Waals surface area contributed by atoms with E-state index in [0.29, 0.717) is 11.0 Å². The molecule has 3 heterocycles. The largest absolute Gasteiger partial charge is 0.465 e. The highest BCUT2D eigenvalue weighted by Crippen LogP contribution is 2.34. The van der Waals surface area contributed by atoms with Crippen molar-refractivity contribution in [3.8, 4) is 0 Å². The van der Waals surface area contributed by atoms with Crippen molar-refractivity contribution in [3.63, 3.8) is 0 Å². The lowest BCUT2D eigenvalue weighted by Gasteiger charge is -2.05. The molecule has 0 radical (unpaired) electrons. The third kappa shape index (κ3) is 1.67. The van der Waals surface area contributed by atoms with Crippen molar-refractivity contribution in [1.29, 1.82) is 0 Å². The van der Waals surface area contributed by atoms with Gasteiger partial charge >= 0.3 is 11.9 Å². The number of rotatable bonds is 2. The second-order valence-electron chi connectivity index (χ2n) is 5.29. The first kappa shape index (κ1) is 13.6. The van der Waals surface area contributed by atoms with Crippen LogP contribution in [0.4, 0.5) is 0 Å². The van der Waals surface area contributed by atoms with Gasteiger partial charge in [-0.25, -0.2) is 9.59 Å². The molecule has 0 saturated heterocycles. The molecule has 0 saturated carbocycles. The summed E-state index contributed by atoms with van der Waals surface area (Å²) in [5.74, 6) is -1.10. The van der Waals surface area contributed by atoms with Crippen LogP contribution >= 0.6 is 0 Å². The smallest absolute Gasteiger partial charge is 0.340 e. The maximum Gasteiger partial charge on any atom is 0.340 e. The molecule has 0 bridgehead atoms. The van der Waals surface area contributed by atoms with Gasteiger partial charge < -0.3 is 13.9 Å². The summed E-state index contributed by atoms with van der Waals surface area (Å²) in [7, 11) is 2.60. The van der Waals surface area contributed by atoms with Crippen LogP contribution < -0.4 is 0 Å². The highest BCUT2D eigenvalue weighted by Gasteiger charge is 2.29. The van der Waals surface area contributed by atoms with E-state index in [1.54, 1.807) is 0 Å². The molecule has 0 atom stereocenters. The van der Waals surface area contributed by atoms with E-state index in [9.17, 15) is 9.59 Å². The number of ether oxygens (including phenoxy) is 2. The maximum atomic E-state index is 12.3. The lowest BCUT2D eigenvalue weighted by atomic mass is 10.1. The summed E-state index contributed by atoms with van der Waals surface area (Å²) in [6, 6.07) is 13.6. The highest BCUT2D eigenvalue weighted by atomic mass is 16.5. The van der Waals surface area contributed by atoms with E-state index in [4.69, 9.17) is 9.47 Å². The Morgan fingerprint density at radius 3 is 2.13 bits per heavy atom. The van der Waals surface area contributed by atoms with Gasteiger partial charge in [-0.1, -0.05) is 24.3 Å². The van der Waals surface area contributed by atoms with Crippen LogP contribution in [0.1, 0.15) is 20.7 Å². The van der Waals surface area contributed by atoms with Crippen molar-refractivity contribution in [2.45, 2.75) is 0 Å². The summed E-state index contributed by atoms with van der Waals surface area (Å²) < 4.78 is 11.7. The average molecular weight is 307 g/mol. The maximum absolute atomic E-state index is 12.3. The van der Waals surface area contributed by atoms with Crippen LogP contribution in [0, 0.1) is 0 Å². The summed E-state index contributed by atoms with van der Waals surface area (Å²) >= 11 is 0. The molecule has 23 heavy (non-hydrogen) atoms. The summed E-state index contributed by atoms with van der Waals surface area (Å²) in [5.41, 5.74) is 2.71. The van der Waals surface area contributed by atoms with Crippen LogP contribution in [0.3, 0.4) is 0 Å². The number of carbonyl (C=O) groups excluding carboxylic acids is 2. The first-order valence-electron chi connectivity index (χ1n) is 7.12. The molecule has 0 aliphatic carbocycles. The first-order valence-corrected chi connectivity index (χ1v) is 7.12. The molecule has 0 unspecified atom stereocenters. The van der Waals surface area contributed by atoms with Gasteiger partial charge in [0.25, 0.3) is 0 Å². The molecule has 114 valence electrons. The molecule has 0 aliphatic rings. The fraction of sp³-hybridized carbons (Fsp3) is 0.111. The third-order valence-electron chi connectivity index (χ3n) is 4.19. The van der Waals surface area contributed by atoms with E-state index in [-0.39, 0.29) is 11.1 Å². The van der Waals surface area contributed by atoms with E-state index in [0.717, 1.165) is 16.3 Å². The van der Waals surface area contributed by atoms with Gasteiger partial charge in [-0.3, -0.25) is 0 Å². The molecule has 4 aromatic rings. The number of esters is 2. The minimum atomic E-state index is -0.550. The van der Waals surface area contributed by atoms with Crippen molar-refractivity contribution >= 4 is 39.3 Å². The average Bonchev–Trinajstić information content (AvgIpc) is 3.15. The number of pyridine rings is 1. The molecule has 3 aromatic heterocycles. The molecule has 0 amide bonds. The quantitative estimate of drug-likeness (QED) is 0.533. The Morgan fingerprint density at radius 2 is 1.43 bits per heavy atom. The minimum Gasteiger partial charge on any atom is -0.465 e. The van der Waals surface area contributed by atoms with Gasteiger partial charge in [-0.15, -0.1) is 0 Å². The molecule has 1 aromatic carbocycles. The van der Waals surface area contributed by atoms with Crippen molar-refractivity contribution < 1.29 is 19.1 Å². The van der Waals surface area contributed by atoms with Gasteiger partial charge in [-0.2, -0.15) is 0 Å². The Morgan fingerprint density at radius 1 is 0.826 bits per heavy atom. The molecule has 5 heteroatoms. The third-order valence-corrected chi connectivity index (χ3v) is 4.19. The fourth-order valence-corrected chi connectivity index (χ4v) is 3.23. The van der Waals surface area contributed by atoms with Gasteiger partial charge in [0.1, 0.15) is 11.1 Å². The van der Waals surface area contributed by atoms with Crippen LogP contribution in [0.15, 0.2) is 42.5 Å². The molecular formula is C18H13NO4. The molecule has 4 rings (SSSR count). The van der Waals surface area contributed by atoms with Crippen molar-refractivity contribution in [1.82, 2.24) is 4.40 Å². The van der Waals surface area contributed by atoms with Gasteiger partial charge in [0.2, 0.25) is 0 Å². The number of fused-ring (bicyclic) bond motifs is 2. The zero-order chi connectivity index (χ0) is 16.1. The Bertz CT molecular complexity index is 1080. The molecule has 5 nitrogen and oxygen atoms in total. The fourth-order valence-electron chi connectivity index (χ4n) is 3.23. The summed E-state index contributed by atoms with van der Waals surface area (Å²) in [6.45, 7) is 0. The van der Waals surface area contributed by atoms with Gasteiger partial charge in [0.15, 0.2) is 0 Å². The molecular weight excluding hydrogens is 294 g/mol. The number of carbonyl (C=O) groups is 2. The van der Waals surface area contributed by atoms with E-state index in [1.807, 2.05) is 46.9 Å². The number of aromatic nitrogens is 1. The Balaban J connectivity index is 2.26. The van der Waals surface area contributed by atoms with Gasteiger partial charge in [0, 0.05) is 5.39 Å². The zero-order valence-electron chi connectivity index (χ0n) is 12.6. The summed E-state index contributed by atoms with van der Waals surface area (Å²) in [6.07, 6.45) is 0. The van der Waals surface area contributed by atoms with Gasteiger partial charge in [0.05, 0.1) is 30.8 Å². The zero-order valence-corrected chi connectivity index (χ0v) is 12.6. The predicted molar refractivity (Wildman–Crippen MR) is 86.3 cm³/mol. The topological polar surface area (TPSA) is 57.0 Å². The standard InChI is InChI=1S/C18H13NO4/c1-22-17(20)15-13-8-7-12-11-6-4-3-5-10(11)9-14(19(12)13)16(15)18(21)23-2/h3-9H,1-2H3. The predicted octanol–water partition coefficient (Wildman–Crippen LogP) is 3.26. The van der Waals surface area contributed by atoms with Crippen LogP contribution in [-0.2, 0) is 9.47 Å². The second kappa shape index (κ2) is 4.71. The van der Waals surface area contributed by atoms with Crippen molar-refractivity contribution in [2.24, 2.45) is 0 Å².